The zero-order valence-electron chi connectivity index (χ0n) is 14.3. The lowest BCUT2D eigenvalue weighted by molar-refractivity contribution is -0.118. The first-order chi connectivity index (χ1) is 11.4. The van der Waals surface area contributed by atoms with Crippen LogP contribution >= 0.6 is 0 Å². The predicted octanol–water partition coefficient (Wildman–Crippen LogP) is 3.42. The Morgan fingerprint density at radius 3 is 2.42 bits per heavy atom. The number of amides is 1. The van der Waals surface area contributed by atoms with Crippen molar-refractivity contribution in [2.24, 2.45) is 0 Å². The number of anilines is 1. The highest BCUT2D eigenvalue weighted by Gasteiger charge is 2.14. The van der Waals surface area contributed by atoms with Crippen LogP contribution in [0.25, 0.3) is 0 Å². The first kappa shape index (κ1) is 17.5. The molecule has 0 spiro atoms. The van der Waals surface area contributed by atoms with Crippen molar-refractivity contribution in [3.05, 3.63) is 58.7 Å². The van der Waals surface area contributed by atoms with E-state index in [0.717, 1.165) is 11.1 Å². The number of hydrogen-bond donors (Lipinski definition) is 1. The van der Waals surface area contributed by atoms with Crippen LogP contribution in [0.5, 0.6) is 5.75 Å². The number of nitrogens with one attached hydrogen (secondary N) is 1. The Kier molecular flexibility index (Phi) is 5.58. The standard InChI is InChI=1S/C19H21NO4/c1-12-7-5-10-17(13(12)2)24-11-18(21)20-16-9-6-8-15(14(16)3)19(22)23-4/h5-10H,11H2,1-4H3,(H,20,21). The molecule has 2 aromatic carbocycles. The topological polar surface area (TPSA) is 64.6 Å². The van der Waals surface area contributed by atoms with Crippen LogP contribution in [0.4, 0.5) is 5.69 Å². The monoisotopic (exact) mass is 327 g/mol. The highest BCUT2D eigenvalue weighted by Crippen LogP contribution is 2.22. The molecule has 1 amide bonds. The highest BCUT2D eigenvalue weighted by atomic mass is 16.5. The van der Waals surface area contributed by atoms with Crippen molar-refractivity contribution in [1.29, 1.82) is 0 Å². The summed E-state index contributed by atoms with van der Waals surface area (Å²) in [6.45, 7) is 5.59. The number of methoxy groups -OCH3 is 1. The van der Waals surface area contributed by atoms with Gasteiger partial charge in [-0.1, -0.05) is 18.2 Å². The summed E-state index contributed by atoms with van der Waals surface area (Å²) in [5, 5.41) is 2.76. The molecule has 2 aromatic rings. The summed E-state index contributed by atoms with van der Waals surface area (Å²) in [4.78, 5) is 23.8. The second kappa shape index (κ2) is 7.64. The Morgan fingerprint density at radius 2 is 1.71 bits per heavy atom. The molecule has 24 heavy (non-hydrogen) atoms. The van der Waals surface area contributed by atoms with Crippen molar-refractivity contribution in [3.8, 4) is 5.75 Å². The lowest BCUT2D eigenvalue weighted by Gasteiger charge is -2.13. The molecule has 0 radical (unpaired) electrons. The maximum atomic E-state index is 12.1. The lowest BCUT2D eigenvalue weighted by Crippen LogP contribution is -2.21. The molecule has 1 N–H and O–H groups in total. The zero-order valence-corrected chi connectivity index (χ0v) is 14.3. The smallest absolute Gasteiger partial charge is 0.338 e. The number of hydrogen-bond acceptors (Lipinski definition) is 4. The molecule has 126 valence electrons. The van der Waals surface area contributed by atoms with Gasteiger partial charge in [0, 0.05) is 5.69 Å². The van der Waals surface area contributed by atoms with Gasteiger partial charge in [0.15, 0.2) is 6.61 Å². The minimum atomic E-state index is -0.435. The molecular weight excluding hydrogens is 306 g/mol. The van der Waals surface area contributed by atoms with E-state index < -0.39 is 5.97 Å². The van der Waals surface area contributed by atoms with Gasteiger partial charge in [0.1, 0.15) is 5.75 Å². The molecule has 0 heterocycles. The molecule has 0 bridgehead atoms. The molecule has 0 saturated heterocycles. The van der Waals surface area contributed by atoms with Gasteiger partial charge < -0.3 is 14.8 Å². The van der Waals surface area contributed by atoms with E-state index in [1.54, 1.807) is 25.1 Å². The first-order valence-corrected chi connectivity index (χ1v) is 7.61. The van der Waals surface area contributed by atoms with Crippen LogP contribution in [-0.2, 0) is 9.53 Å². The quantitative estimate of drug-likeness (QED) is 0.855. The molecule has 2 rings (SSSR count). The Hall–Kier alpha value is -2.82. The van der Waals surface area contributed by atoms with Gasteiger partial charge in [-0.15, -0.1) is 0 Å². The average Bonchev–Trinajstić information content (AvgIpc) is 2.57. The maximum Gasteiger partial charge on any atom is 0.338 e. The Labute approximate surface area is 141 Å². The molecule has 0 aliphatic heterocycles. The number of carbonyl (C=O) groups excluding carboxylic acids is 2. The van der Waals surface area contributed by atoms with Crippen molar-refractivity contribution in [3.63, 3.8) is 0 Å². The molecular formula is C19H21NO4. The van der Waals surface area contributed by atoms with Crippen LogP contribution in [0.3, 0.4) is 0 Å². The van der Waals surface area contributed by atoms with Crippen molar-refractivity contribution in [2.75, 3.05) is 19.0 Å². The Bertz CT molecular complexity index is 768. The predicted molar refractivity (Wildman–Crippen MR) is 92.6 cm³/mol. The molecule has 0 fully saturated rings. The molecule has 0 unspecified atom stereocenters. The SMILES string of the molecule is COC(=O)c1cccc(NC(=O)COc2cccc(C)c2C)c1C. The van der Waals surface area contributed by atoms with E-state index in [1.165, 1.54) is 7.11 Å². The zero-order chi connectivity index (χ0) is 17.7. The molecule has 0 aliphatic rings. The summed E-state index contributed by atoms with van der Waals surface area (Å²) < 4.78 is 10.3. The third-order valence-electron chi connectivity index (χ3n) is 3.93. The summed E-state index contributed by atoms with van der Waals surface area (Å²) in [7, 11) is 1.32. The van der Waals surface area contributed by atoms with Gasteiger partial charge in [0.2, 0.25) is 0 Å². The molecule has 5 nitrogen and oxygen atoms in total. The van der Waals surface area contributed by atoms with E-state index in [4.69, 9.17) is 9.47 Å². The second-order valence-corrected chi connectivity index (χ2v) is 5.50. The summed E-state index contributed by atoms with van der Waals surface area (Å²) in [5.41, 5.74) is 3.76. The lowest BCUT2D eigenvalue weighted by atomic mass is 10.1. The van der Waals surface area contributed by atoms with E-state index in [0.29, 0.717) is 22.6 Å². The number of ether oxygens (including phenoxy) is 2. The van der Waals surface area contributed by atoms with Crippen LogP contribution < -0.4 is 10.1 Å². The van der Waals surface area contributed by atoms with Crippen LogP contribution in [0.15, 0.2) is 36.4 Å². The summed E-state index contributed by atoms with van der Waals surface area (Å²) >= 11 is 0. The number of rotatable bonds is 5. The number of carbonyl (C=O) groups is 2. The number of benzene rings is 2. The van der Waals surface area contributed by atoms with Gasteiger partial charge in [0.05, 0.1) is 12.7 Å². The molecule has 0 saturated carbocycles. The Morgan fingerprint density at radius 1 is 1.00 bits per heavy atom. The second-order valence-electron chi connectivity index (χ2n) is 5.50. The van der Waals surface area contributed by atoms with E-state index in [-0.39, 0.29) is 12.5 Å². The van der Waals surface area contributed by atoms with E-state index >= 15 is 0 Å². The van der Waals surface area contributed by atoms with Crippen LogP contribution in [0.1, 0.15) is 27.0 Å². The fraction of sp³-hybridized carbons (Fsp3) is 0.263. The third kappa shape index (κ3) is 3.93. The molecule has 5 heteroatoms. The van der Waals surface area contributed by atoms with Gasteiger partial charge in [-0.3, -0.25) is 4.79 Å². The normalized spacial score (nSPS) is 10.2. The van der Waals surface area contributed by atoms with Crippen LogP contribution in [0, 0.1) is 20.8 Å². The highest BCUT2D eigenvalue weighted by molar-refractivity contribution is 5.97. The molecule has 0 aromatic heterocycles. The summed E-state index contributed by atoms with van der Waals surface area (Å²) in [6, 6.07) is 10.8. The van der Waals surface area contributed by atoms with Gasteiger partial charge >= 0.3 is 5.97 Å². The minimum absolute atomic E-state index is 0.105. The van der Waals surface area contributed by atoms with Crippen molar-refractivity contribution < 1.29 is 19.1 Å². The Balaban J connectivity index is 2.05. The third-order valence-corrected chi connectivity index (χ3v) is 3.93. The summed E-state index contributed by atoms with van der Waals surface area (Å²) in [5.74, 6) is -0.0403. The largest absolute Gasteiger partial charge is 0.483 e. The maximum absolute atomic E-state index is 12.1. The summed E-state index contributed by atoms with van der Waals surface area (Å²) in [6.07, 6.45) is 0. The van der Waals surface area contributed by atoms with E-state index in [1.807, 2.05) is 32.0 Å². The van der Waals surface area contributed by atoms with Crippen LogP contribution in [-0.4, -0.2) is 25.6 Å². The van der Waals surface area contributed by atoms with Gasteiger partial charge in [-0.05, 0) is 55.7 Å². The van der Waals surface area contributed by atoms with Crippen molar-refractivity contribution in [1.82, 2.24) is 0 Å². The minimum Gasteiger partial charge on any atom is -0.483 e. The average molecular weight is 327 g/mol. The van der Waals surface area contributed by atoms with Crippen LogP contribution in [0.2, 0.25) is 0 Å². The van der Waals surface area contributed by atoms with Gasteiger partial charge in [-0.2, -0.15) is 0 Å². The fourth-order valence-corrected chi connectivity index (χ4v) is 2.31. The van der Waals surface area contributed by atoms with E-state index in [2.05, 4.69) is 5.32 Å². The number of esters is 1. The molecule has 0 atom stereocenters. The van der Waals surface area contributed by atoms with Crippen molar-refractivity contribution >= 4 is 17.6 Å². The van der Waals surface area contributed by atoms with Gasteiger partial charge in [0.25, 0.3) is 5.91 Å². The van der Waals surface area contributed by atoms with E-state index in [9.17, 15) is 9.59 Å². The first-order valence-electron chi connectivity index (χ1n) is 7.61. The van der Waals surface area contributed by atoms with Gasteiger partial charge in [-0.25, -0.2) is 4.79 Å². The molecule has 0 aliphatic carbocycles. The number of aryl methyl sites for hydroxylation is 1. The fourth-order valence-electron chi connectivity index (χ4n) is 2.31. The van der Waals surface area contributed by atoms with Crippen molar-refractivity contribution in [2.45, 2.75) is 20.8 Å².